The lowest BCUT2D eigenvalue weighted by Crippen LogP contribution is -1.88. The van der Waals surface area contributed by atoms with E-state index in [0.29, 0.717) is 11.8 Å². The molecule has 0 aliphatic carbocycles. The van der Waals surface area contributed by atoms with Crippen molar-refractivity contribution in [3.63, 3.8) is 0 Å². The summed E-state index contributed by atoms with van der Waals surface area (Å²) >= 11 is 7.40. The predicted molar refractivity (Wildman–Crippen MR) is 59.8 cm³/mol. The second-order valence-corrected chi connectivity index (χ2v) is 4.43. The summed E-state index contributed by atoms with van der Waals surface area (Å²) in [5, 5.41) is 3.89. The molecule has 0 saturated heterocycles. The fourth-order valence-corrected chi connectivity index (χ4v) is 1.84. The van der Waals surface area contributed by atoms with Gasteiger partial charge >= 0.3 is 0 Å². The van der Waals surface area contributed by atoms with Gasteiger partial charge in [0.05, 0.1) is 5.75 Å². The molecule has 1 heterocycles. The molecule has 0 bridgehead atoms. The molecule has 0 aliphatic heterocycles. The minimum absolute atomic E-state index is 0.641. The highest BCUT2D eigenvalue weighted by Crippen LogP contribution is 2.10. The molecule has 0 aliphatic rings. The maximum absolute atomic E-state index is 5.57. The van der Waals surface area contributed by atoms with Gasteiger partial charge in [-0.05, 0) is 18.6 Å². The van der Waals surface area contributed by atoms with Crippen LogP contribution >= 0.6 is 23.4 Å². The van der Waals surface area contributed by atoms with Crippen LogP contribution in [0.25, 0.3) is 0 Å². The van der Waals surface area contributed by atoms with Gasteiger partial charge in [-0.2, -0.15) is 16.7 Å². The van der Waals surface area contributed by atoms with Gasteiger partial charge < -0.3 is 4.52 Å². The topological polar surface area (TPSA) is 38.9 Å². The van der Waals surface area contributed by atoms with E-state index in [-0.39, 0.29) is 0 Å². The molecule has 0 fully saturated rings. The van der Waals surface area contributed by atoms with Gasteiger partial charge in [-0.15, -0.1) is 11.6 Å². The van der Waals surface area contributed by atoms with Gasteiger partial charge in [0.25, 0.3) is 0 Å². The van der Waals surface area contributed by atoms with E-state index in [9.17, 15) is 0 Å². The minimum atomic E-state index is 0.641. The third kappa shape index (κ3) is 4.33. The lowest BCUT2D eigenvalue weighted by atomic mass is 10.3. The van der Waals surface area contributed by atoms with E-state index < -0.39 is 0 Å². The standard InChI is InChI=1S/C9H15ClN2OS/c1-2-6-14-7-8-11-9(13-12-8)4-3-5-10/h2-7H2,1H3. The fraction of sp³-hybridized carbons (Fsp3) is 0.778. The Morgan fingerprint density at radius 3 is 3.07 bits per heavy atom. The zero-order valence-electron chi connectivity index (χ0n) is 8.33. The van der Waals surface area contributed by atoms with Crippen LogP contribution in [0.1, 0.15) is 31.5 Å². The van der Waals surface area contributed by atoms with E-state index in [4.69, 9.17) is 16.1 Å². The SMILES string of the molecule is CCCSCc1noc(CCCCl)n1. The van der Waals surface area contributed by atoms with Crippen molar-refractivity contribution in [2.45, 2.75) is 31.9 Å². The fourth-order valence-electron chi connectivity index (χ4n) is 0.976. The van der Waals surface area contributed by atoms with Crippen LogP contribution in [-0.2, 0) is 12.2 Å². The third-order valence-electron chi connectivity index (χ3n) is 1.61. The smallest absolute Gasteiger partial charge is 0.226 e. The van der Waals surface area contributed by atoms with Crippen molar-refractivity contribution in [2.24, 2.45) is 0 Å². The number of aromatic nitrogens is 2. The van der Waals surface area contributed by atoms with E-state index >= 15 is 0 Å². The van der Waals surface area contributed by atoms with Crippen LogP contribution in [0, 0.1) is 0 Å². The summed E-state index contributed by atoms with van der Waals surface area (Å²) in [4.78, 5) is 4.26. The molecular formula is C9H15ClN2OS. The quantitative estimate of drug-likeness (QED) is 0.537. The van der Waals surface area contributed by atoms with E-state index in [1.54, 1.807) is 0 Å². The Morgan fingerprint density at radius 2 is 2.36 bits per heavy atom. The molecule has 0 saturated carbocycles. The van der Waals surface area contributed by atoms with Crippen molar-refractivity contribution in [1.29, 1.82) is 0 Å². The van der Waals surface area contributed by atoms with Crippen molar-refractivity contribution in [1.82, 2.24) is 10.1 Å². The van der Waals surface area contributed by atoms with Gasteiger partial charge in [0.1, 0.15) is 0 Å². The third-order valence-corrected chi connectivity index (χ3v) is 3.04. The molecule has 0 spiro atoms. The van der Waals surface area contributed by atoms with E-state index in [1.165, 1.54) is 6.42 Å². The van der Waals surface area contributed by atoms with Crippen LogP contribution in [0.5, 0.6) is 0 Å². The molecule has 3 nitrogen and oxygen atoms in total. The molecule has 0 unspecified atom stereocenters. The van der Waals surface area contributed by atoms with Gasteiger partial charge in [-0.25, -0.2) is 0 Å². The number of aryl methyl sites for hydroxylation is 1. The number of alkyl halides is 1. The molecule has 0 radical (unpaired) electrons. The lowest BCUT2D eigenvalue weighted by molar-refractivity contribution is 0.373. The van der Waals surface area contributed by atoms with Crippen LogP contribution in [0.2, 0.25) is 0 Å². The molecule has 5 heteroatoms. The minimum Gasteiger partial charge on any atom is -0.339 e. The number of nitrogens with zero attached hydrogens (tertiary/aromatic N) is 2. The molecule has 0 atom stereocenters. The Hall–Kier alpha value is -0.220. The van der Waals surface area contributed by atoms with Crippen LogP contribution in [0.3, 0.4) is 0 Å². The first-order valence-electron chi connectivity index (χ1n) is 4.82. The van der Waals surface area contributed by atoms with Gasteiger partial charge in [0, 0.05) is 12.3 Å². The van der Waals surface area contributed by atoms with Gasteiger partial charge in [-0.1, -0.05) is 12.1 Å². The molecule has 1 aromatic rings. The Morgan fingerprint density at radius 1 is 1.50 bits per heavy atom. The van der Waals surface area contributed by atoms with Crippen LogP contribution in [0.15, 0.2) is 4.52 Å². The first kappa shape index (κ1) is 11.9. The van der Waals surface area contributed by atoms with Crippen molar-refractivity contribution in [3.05, 3.63) is 11.7 Å². The molecule has 14 heavy (non-hydrogen) atoms. The highest BCUT2D eigenvalue weighted by Gasteiger charge is 2.05. The van der Waals surface area contributed by atoms with Crippen molar-refractivity contribution >= 4 is 23.4 Å². The molecule has 1 rings (SSSR count). The van der Waals surface area contributed by atoms with Crippen molar-refractivity contribution < 1.29 is 4.52 Å². The molecule has 0 N–H and O–H groups in total. The molecule has 1 aromatic heterocycles. The largest absolute Gasteiger partial charge is 0.339 e. The second-order valence-electron chi connectivity index (χ2n) is 2.95. The van der Waals surface area contributed by atoms with Gasteiger partial charge in [0.2, 0.25) is 5.89 Å². The molecule has 0 amide bonds. The number of halogens is 1. The summed E-state index contributed by atoms with van der Waals surface area (Å²) in [7, 11) is 0. The maximum Gasteiger partial charge on any atom is 0.226 e. The maximum atomic E-state index is 5.57. The first-order valence-corrected chi connectivity index (χ1v) is 6.51. The first-order chi connectivity index (χ1) is 6.86. The molecule has 0 aromatic carbocycles. The lowest BCUT2D eigenvalue weighted by Gasteiger charge is -1.91. The summed E-state index contributed by atoms with van der Waals surface area (Å²) in [6, 6.07) is 0. The van der Waals surface area contributed by atoms with Crippen LogP contribution in [-0.4, -0.2) is 21.8 Å². The van der Waals surface area contributed by atoms with E-state index in [0.717, 1.165) is 30.2 Å². The number of hydrogen-bond donors (Lipinski definition) is 0. The van der Waals surface area contributed by atoms with E-state index in [1.807, 2.05) is 11.8 Å². The Balaban J connectivity index is 2.27. The van der Waals surface area contributed by atoms with Crippen molar-refractivity contribution in [3.8, 4) is 0 Å². The van der Waals surface area contributed by atoms with Gasteiger partial charge in [0.15, 0.2) is 5.82 Å². The molecule has 80 valence electrons. The van der Waals surface area contributed by atoms with Crippen molar-refractivity contribution in [2.75, 3.05) is 11.6 Å². The second kappa shape index (κ2) is 7.12. The Kier molecular flexibility index (Phi) is 6.03. The number of rotatable bonds is 7. The summed E-state index contributed by atoms with van der Waals surface area (Å²) in [6.07, 6.45) is 2.86. The number of hydrogen-bond acceptors (Lipinski definition) is 4. The Bertz CT molecular complexity index is 255. The van der Waals surface area contributed by atoms with E-state index in [2.05, 4.69) is 17.1 Å². The summed E-state index contributed by atoms with van der Waals surface area (Å²) in [5.41, 5.74) is 0. The van der Waals surface area contributed by atoms with Crippen LogP contribution < -0.4 is 0 Å². The Labute approximate surface area is 93.6 Å². The molecular weight excluding hydrogens is 220 g/mol. The number of thioether (sulfide) groups is 1. The average molecular weight is 235 g/mol. The zero-order valence-corrected chi connectivity index (χ0v) is 9.90. The summed E-state index contributed by atoms with van der Waals surface area (Å²) in [5.74, 6) is 4.14. The highest BCUT2D eigenvalue weighted by atomic mass is 35.5. The monoisotopic (exact) mass is 234 g/mol. The highest BCUT2D eigenvalue weighted by molar-refractivity contribution is 7.98. The normalized spacial score (nSPS) is 10.7. The van der Waals surface area contributed by atoms with Gasteiger partial charge in [-0.3, -0.25) is 0 Å². The summed E-state index contributed by atoms with van der Waals surface area (Å²) < 4.78 is 5.06. The zero-order chi connectivity index (χ0) is 10.2. The predicted octanol–water partition coefficient (Wildman–Crippen LogP) is 2.88. The summed E-state index contributed by atoms with van der Waals surface area (Å²) in [6.45, 7) is 2.16. The average Bonchev–Trinajstić information content (AvgIpc) is 2.63. The van der Waals surface area contributed by atoms with Crippen LogP contribution in [0.4, 0.5) is 0 Å².